The summed E-state index contributed by atoms with van der Waals surface area (Å²) in [7, 11) is 0. The smallest absolute Gasteiger partial charge is 0.249 e. The fraction of sp³-hybridized carbons (Fsp3) is 0.0667. The van der Waals surface area contributed by atoms with Crippen LogP contribution in [0.2, 0.25) is 5.02 Å². The molecule has 0 aliphatic carbocycles. The highest BCUT2D eigenvalue weighted by atomic mass is 35.5. The van der Waals surface area contributed by atoms with Crippen LogP contribution < -0.4 is 5.32 Å². The number of amides is 1. The highest BCUT2D eigenvalue weighted by molar-refractivity contribution is 6.32. The summed E-state index contributed by atoms with van der Waals surface area (Å²) in [6, 6.07) is 7.87. The monoisotopic (exact) mass is 290 g/mol. The number of aromatic nitrogens is 1. The average molecular weight is 291 g/mol. The van der Waals surface area contributed by atoms with E-state index in [1.807, 2.05) is 13.0 Å². The number of nitrogens with zero attached hydrogens (tertiary/aromatic N) is 1. The molecule has 5 heteroatoms. The van der Waals surface area contributed by atoms with Gasteiger partial charge in [0.05, 0.1) is 5.02 Å². The molecule has 102 valence electrons. The van der Waals surface area contributed by atoms with Crippen molar-refractivity contribution >= 4 is 29.4 Å². The van der Waals surface area contributed by atoms with E-state index >= 15 is 0 Å². The standard InChI is InChI=1S/C15H12ClFN2O/c1-10-5-7-14(18-9-10)19-15(20)8-6-11-12(16)3-2-4-13(11)17/h2-9H,1H3,(H,18,19,20). The molecule has 0 unspecified atom stereocenters. The van der Waals surface area contributed by atoms with E-state index in [1.54, 1.807) is 18.3 Å². The molecule has 20 heavy (non-hydrogen) atoms. The zero-order valence-electron chi connectivity index (χ0n) is 10.7. The summed E-state index contributed by atoms with van der Waals surface area (Å²) in [5.41, 5.74) is 1.18. The second kappa shape index (κ2) is 6.30. The van der Waals surface area contributed by atoms with Crippen LogP contribution in [0.4, 0.5) is 10.2 Å². The molecule has 0 saturated carbocycles. The molecule has 3 nitrogen and oxygen atoms in total. The van der Waals surface area contributed by atoms with Crippen molar-refractivity contribution in [3.05, 3.63) is 64.6 Å². The molecule has 0 bridgehead atoms. The Labute approximate surface area is 121 Å². The Morgan fingerprint density at radius 2 is 2.15 bits per heavy atom. The van der Waals surface area contributed by atoms with Gasteiger partial charge in [-0.3, -0.25) is 4.79 Å². The number of hydrogen-bond donors (Lipinski definition) is 1. The van der Waals surface area contributed by atoms with E-state index in [0.717, 1.165) is 5.56 Å². The first kappa shape index (κ1) is 14.2. The van der Waals surface area contributed by atoms with Gasteiger partial charge in [0.1, 0.15) is 11.6 Å². The fourth-order valence-electron chi connectivity index (χ4n) is 1.54. The molecule has 1 heterocycles. The molecule has 2 rings (SSSR count). The highest BCUT2D eigenvalue weighted by Gasteiger charge is 2.04. The van der Waals surface area contributed by atoms with Crippen LogP contribution in [0.3, 0.4) is 0 Å². The van der Waals surface area contributed by atoms with Crippen molar-refractivity contribution in [2.75, 3.05) is 5.32 Å². The van der Waals surface area contributed by atoms with Gasteiger partial charge in [-0.25, -0.2) is 9.37 Å². The first-order chi connectivity index (χ1) is 9.56. The van der Waals surface area contributed by atoms with Crippen molar-refractivity contribution < 1.29 is 9.18 Å². The second-order valence-electron chi connectivity index (χ2n) is 4.18. The van der Waals surface area contributed by atoms with Crippen molar-refractivity contribution in [3.8, 4) is 0 Å². The zero-order valence-corrected chi connectivity index (χ0v) is 11.5. The van der Waals surface area contributed by atoms with Crippen molar-refractivity contribution in [2.24, 2.45) is 0 Å². The van der Waals surface area contributed by atoms with Crippen LogP contribution in [-0.4, -0.2) is 10.9 Å². The SMILES string of the molecule is Cc1ccc(NC(=O)C=Cc2c(F)cccc2Cl)nc1. The predicted octanol–water partition coefficient (Wildman–Crippen LogP) is 3.83. The summed E-state index contributed by atoms with van der Waals surface area (Å²) in [6.45, 7) is 1.90. The molecule has 0 saturated heterocycles. The molecule has 2 aromatic rings. The normalized spacial score (nSPS) is 10.8. The molecular weight excluding hydrogens is 279 g/mol. The molecule has 1 amide bonds. The number of halogens is 2. The first-order valence-corrected chi connectivity index (χ1v) is 6.30. The van der Waals surface area contributed by atoms with E-state index in [4.69, 9.17) is 11.6 Å². The zero-order chi connectivity index (χ0) is 14.5. The molecule has 1 aromatic carbocycles. The third-order valence-electron chi connectivity index (χ3n) is 2.56. The second-order valence-corrected chi connectivity index (χ2v) is 4.59. The van der Waals surface area contributed by atoms with Crippen LogP contribution >= 0.6 is 11.6 Å². The number of nitrogens with one attached hydrogen (secondary N) is 1. The summed E-state index contributed by atoms with van der Waals surface area (Å²) in [5.74, 6) is -0.444. The molecule has 0 atom stereocenters. The summed E-state index contributed by atoms with van der Waals surface area (Å²) in [5, 5.41) is 2.83. The maximum absolute atomic E-state index is 13.5. The highest BCUT2D eigenvalue weighted by Crippen LogP contribution is 2.20. The third kappa shape index (κ3) is 3.65. The van der Waals surface area contributed by atoms with E-state index in [2.05, 4.69) is 10.3 Å². The number of benzene rings is 1. The van der Waals surface area contributed by atoms with Gasteiger partial charge < -0.3 is 5.32 Å². The van der Waals surface area contributed by atoms with Gasteiger partial charge in [-0.1, -0.05) is 23.7 Å². The molecule has 0 fully saturated rings. The Balaban J connectivity index is 2.08. The van der Waals surface area contributed by atoms with Gasteiger partial charge in [0.15, 0.2) is 0 Å². The fourth-order valence-corrected chi connectivity index (χ4v) is 1.76. The van der Waals surface area contributed by atoms with E-state index in [1.165, 1.54) is 24.3 Å². The van der Waals surface area contributed by atoms with Gasteiger partial charge in [0, 0.05) is 17.8 Å². The van der Waals surface area contributed by atoms with Crippen molar-refractivity contribution in [1.29, 1.82) is 0 Å². The van der Waals surface area contributed by atoms with Gasteiger partial charge in [-0.05, 0) is 36.8 Å². The van der Waals surface area contributed by atoms with Crippen LogP contribution in [0.15, 0.2) is 42.6 Å². The first-order valence-electron chi connectivity index (χ1n) is 5.92. The molecule has 1 aromatic heterocycles. The maximum Gasteiger partial charge on any atom is 0.249 e. The Morgan fingerprint density at radius 3 is 2.80 bits per heavy atom. The molecular formula is C15H12ClFN2O. The lowest BCUT2D eigenvalue weighted by Gasteiger charge is -2.02. The molecule has 0 radical (unpaired) electrons. The summed E-state index contributed by atoms with van der Waals surface area (Å²) in [6.07, 6.45) is 4.19. The molecule has 0 aliphatic rings. The number of carbonyl (C=O) groups is 1. The van der Waals surface area contributed by atoms with Crippen molar-refractivity contribution in [2.45, 2.75) is 6.92 Å². The van der Waals surface area contributed by atoms with Crippen LogP contribution in [0.25, 0.3) is 6.08 Å². The number of hydrogen-bond acceptors (Lipinski definition) is 2. The van der Waals surface area contributed by atoms with Gasteiger partial charge in [-0.2, -0.15) is 0 Å². The molecule has 0 spiro atoms. The Kier molecular flexibility index (Phi) is 4.48. The van der Waals surface area contributed by atoms with Gasteiger partial charge in [0.2, 0.25) is 5.91 Å². The van der Waals surface area contributed by atoms with Crippen molar-refractivity contribution in [3.63, 3.8) is 0 Å². The van der Waals surface area contributed by atoms with Gasteiger partial charge >= 0.3 is 0 Å². The number of aryl methyl sites for hydroxylation is 1. The summed E-state index contributed by atoms with van der Waals surface area (Å²) in [4.78, 5) is 15.7. The predicted molar refractivity (Wildman–Crippen MR) is 78.0 cm³/mol. The Morgan fingerprint density at radius 1 is 1.35 bits per heavy atom. The maximum atomic E-state index is 13.5. The topological polar surface area (TPSA) is 42.0 Å². The number of pyridine rings is 1. The van der Waals surface area contributed by atoms with Crippen LogP contribution in [0.5, 0.6) is 0 Å². The van der Waals surface area contributed by atoms with Crippen LogP contribution in [0, 0.1) is 12.7 Å². The number of carbonyl (C=O) groups excluding carboxylic acids is 1. The Bertz CT molecular complexity index is 633. The van der Waals surface area contributed by atoms with Crippen molar-refractivity contribution in [1.82, 2.24) is 4.98 Å². The third-order valence-corrected chi connectivity index (χ3v) is 2.89. The quantitative estimate of drug-likeness (QED) is 0.873. The summed E-state index contributed by atoms with van der Waals surface area (Å²) < 4.78 is 13.5. The molecule has 0 aliphatic heterocycles. The lowest BCUT2D eigenvalue weighted by molar-refractivity contribution is -0.111. The minimum atomic E-state index is -0.477. The Hall–Kier alpha value is -2.20. The van der Waals surface area contributed by atoms with E-state index in [0.29, 0.717) is 5.82 Å². The van der Waals surface area contributed by atoms with Crippen LogP contribution in [-0.2, 0) is 4.79 Å². The largest absolute Gasteiger partial charge is 0.307 e. The molecule has 1 N–H and O–H groups in total. The minimum Gasteiger partial charge on any atom is -0.307 e. The number of rotatable bonds is 3. The van der Waals surface area contributed by atoms with Gasteiger partial charge in [0.25, 0.3) is 0 Å². The van der Waals surface area contributed by atoms with Crippen LogP contribution in [0.1, 0.15) is 11.1 Å². The van der Waals surface area contributed by atoms with E-state index in [-0.39, 0.29) is 10.6 Å². The van der Waals surface area contributed by atoms with Gasteiger partial charge in [-0.15, -0.1) is 0 Å². The lowest BCUT2D eigenvalue weighted by Crippen LogP contribution is -2.09. The average Bonchev–Trinajstić information content (AvgIpc) is 2.41. The summed E-state index contributed by atoms with van der Waals surface area (Å²) >= 11 is 5.86. The lowest BCUT2D eigenvalue weighted by atomic mass is 10.2. The minimum absolute atomic E-state index is 0.182. The van der Waals surface area contributed by atoms with E-state index in [9.17, 15) is 9.18 Å². The number of anilines is 1. The van der Waals surface area contributed by atoms with E-state index < -0.39 is 11.7 Å².